The molecule has 0 heteroatoms. The van der Waals surface area contributed by atoms with Gasteiger partial charge in [0, 0.05) is 0 Å². The molecule has 0 spiro atoms. The van der Waals surface area contributed by atoms with Crippen molar-refractivity contribution in [3.63, 3.8) is 0 Å². The summed E-state index contributed by atoms with van der Waals surface area (Å²) >= 11 is 0. The maximum Gasteiger partial charge on any atom is -0.0351 e. The van der Waals surface area contributed by atoms with E-state index in [1.807, 2.05) is 6.08 Å². The van der Waals surface area contributed by atoms with Gasteiger partial charge in [0.15, 0.2) is 0 Å². The van der Waals surface area contributed by atoms with Crippen LogP contribution < -0.4 is 0 Å². The van der Waals surface area contributed by atoms with E-state index in [1.54, 1.807) is 0 Å². The van der Waals surface area contributed by atoms with E-state index in [9.17, 15) is 0 Å². The van der Waals surface area contributed by atoms with Gasteiger partial charge < -0.3 is 0 Å². The van der Waals surface area contributed by atoms with Crippen molar-refractivity contribution < 1.29 is 0 Å². The Labute approximate surface area is 77.1 Å². The minimum atomic E-state index is 0.901. The van der Waals surface area contributed by atoms with Crippen molar-refractivity contribution >= 4 is 0 Å². The van der Waals surface area contributed by atoms with E-state index in [0.29, 0.717) is 0 Å². The molecule has 1 saturated carbocycles. The largest absolute Gasteiger partial charge is 0.103 e. The Morgan fingerprint density at radius 2 is 2.08 bits per heavy atom. The van der Waals surface area contributed by atoms with Crippen LogP contribution in [0.2, 0.25) is 0 Å². The summed E-state index contributed by atoms with van der Waals surface area (Å²) in [5, 5.41) is 0. The second-order valence-corrected chi connectivity index (χ2v) is 4.52. The van der Waals surface area contributed by atoms with Crippen LogP contribution >= 0.6 is 0 Å². The molecule has 70 valence electrons. The predicted octanol–water partition coefficient (Wildman–Crippen LogP) is 4.02. The average Bonchev–Trinajstić information content (AvgIpc) is 2.82. The summed E-state index contributed by atoms with van der Waals surface area (Å²) < 4.78 is 0. The molecular formula is C12H22. The Bertz CT molecular complexity index is 133. The van der Waals surface area contributed by atoms with E-state index in [-0.39, 0.29) is 0 Å². The van der Waals surface area contributed by atoms with Crippen LogP contribution in [0.4, 0.5) is 0 Å². The van der Waals surface area contributed by atoms with Crippen molar-refractivity contribution in [3.05, 3.63) is 12.7 Å². The first-order chi connectivity index (χ1) is 5.74. The van der Waals surface area contributed by atoms with Gasteiger partial charge in [-0.05, 0) is 49.9 Å². The molecule has 0 bridgehead atoms. The first-order valence-corrected chi connectivity index (χ1v) is 5.35. The standard InChI is InChI=1S/C12H22/c1-4-5-6-10(2)9-11(3)12-7-8-12/h4,10-12H,1,5-9H2,2-3H3. The average molecular weight is 166 g/mol. The fourth-order valence-corrected chi connectivity index (χ4v) is 2.01. The third kappa shape index (κ3) is 3.42. The minimum Gasteiger partial charge on any atom is -0.103 e. The minimum absolute atomic E-state index is 0.901. The molecule has 2 unspecified atom stereocenters. The highest BCUT2D eigenvalue weighted by Crippen LogP contribution is 2.39. The molecule has 1 aliphatic carbocycles. The maximum absolute atomic E-state index is 3.76. The van der Waals surface area contributed by atoms with Gasteiger partial charge in [0.2, 0.25) is 0 Å². The molecule has 1 rings (SSSR count). The monoisotopic (exact) mass is 166 g/mol. The maximum atomic E-state index is 3.76. The second-order valence-electron chi connectivity index (χ2n) is 4.52. The van der Waals surface area contributed by atoms with Crippen LogP contribution in [0.25, 0.3) is 0 Å². The summed E-state index contributed by atoms with van der Waals surface area (Å²) in [7, 11) is 0. The van der Waals surface area contributed by atoms with E-state index in [0.717, 1.165) is 17.8 Å². The molecule has 0 amide bonds. The van der Waals surface area contributed by atoms with E-state index < -0.39 is 0 Å². The van der Waals surface area contributed by atoms with Crippen LogP contribution in [0.3, 0.4) is 0 Å². The quantitative estimate of drug-likeness (QED) is 0.523. The third-order valence-corrected chi connectivity index (χ3v) is 3.06. The van der Waals surface area contributed by atoms with Gasteiger partial charge in [0.25, 0.3) is 0 Å². The molecule has 12 heavy (non-hydrogen) atoms. The molecule has 0 aliphatic heterocycles. The van der Waals surface area contributed by atoms with E-state index in [2.05, 4.69) is 20.4 Å². The number of hydrogen-bond donors (Lipinski definition) is 0. The molecule has 0 saturated heterocycles. The summed E-state index contributed by atoms with van der Waals surface area (Å²) in [6.45, 7) is 8.56. The lowest BCUT2D eigenvalue weighted by Gasteiger charge is -2.15. The first kappa shape index (κ1) is 9.83. The number of rotatable bonds is 6. The molecule has 0 nitrogen and oxygen atoms in total. The summed E-state index contributed by atoms with van der Waals surface area (Å²) in [5.41, 5.74) is 0. The van der Waals surface area contributed by atoms with Gasteiger partial charge in [-0.1, -0.05) is 19.9 Å². The van der Waals surface area contributed by atoms with Crippen molar-refractivity contribution in [2.75, 3.05) is 0 Å². The van der Waals surface area contributed by atoms with Crippen molar-refractivity contribution in [1.82, 2.24) is 0 Å². The second kappa shape index (κ2) is 4.69. The van der Waals surface area contributed by atoms with Crippen LogP contribution in [-0.2, 0) is 0 Å². The van der Waals surface area contributed by atoms with E-state index in [1.165, 1.54) is 32.1 Å². The fraction of sp³-hybridized carbons (Fsp3) is 0.833. The molecule has 0 aromatic carbocycles. The zero-order valence-electron chi connectivity index (χ0n) is 8.55. The fourth-order valence-electron chi connectivity index (χ4n) is 2.01. The van der Waals surface area contributed by atoms with Gasteiger partial charge in [-0.3, -0.25) is 0 Å². The molecule has 1 fully saturated rings. The van der Waals surface area contributed by atoms with Crippen LogP contribution in [0.1, 0.15) is 46.0 Å². The first-order valence-electron chi connectivity index (χ1n) is 5.35. The lowest BCUT2D eigenvalue weighted by atomic mass is 9.91. The molecular weight excluding hydrogens is 144 g/mol. The molecule has 0 heterocycles. The summed E-state index contributed by atoms with van der Waals surface area (Å²) in [5.74, 6) is 2.96. The molecule has 0 aromatic heterocycles. The van der Waals surface area contributed by atoms with Crippen molar-refractivity contribution in [2.24, 2.45) is 17.8 Å². The van der Waals surface area contributed by atoms with E-state index in [4.69, 9.17) is 0 Å². The highest BCUT2D eigenvalue weighted by atomic mass is 14.3. The van der Waals surface area contributed by atoms with Gasteiger partial charge in [-0.15, -0.1) is 6.58 Å². The van der Waals surface area contributed by atoms with Gasteiger partial charge in [-0.2, -0.15) is 0 Å². The highest BCUT2D eigenvalue weighted by Gasteiger charge is 2.28. The predicted molar refractivity (Wildman–Crippen MR) is 55.1 cm³/mol. The molecule has 1 aliphatic rings. The third-order valence-electron chi connectivity index (χ3n) is 3.06. The summed E-state index contributed by atoms with van der Waals surface area (Å²) in [6.07, 6.45) is 8.99. The zero-order chi connectivity index (χ0) is 8.97. The van der Waals surface area contributed by atoms with Crippen molar-refractivity contribution in [3.8, 4) is 0 Å². The smallest absolute Gasteiger partial charge is 0.0351 e. The SMILES string of the molecule is C=CCCC(C)CC(C)C1CC1. The lowest BCUT2D eigenvalue weighted by molar-refractivity contribution is 0.365. The topological polar surface area (TPSA) is 0 Å². The molecule has 0 radical (unpaired) electrons. The Hall–Kier alpha value is -0.260. The van der Waals surface area contributed by atoms with Crippen LogP contribution in [0.5, 0.6) is 0 Å². The number of hydrogen-bond acceptors (Lipinski definition) is 0. The molecule has 2 atom stereocenters. The summed E-state index contributed by atoms with van der Waals surface area (Å²) in [4.78, 5) is 0. The van der Waals surface area contributed by atoms with Gasteiger partial charge in [0.1, 0.15) is 0 Å². The van der Waals surface area contributed by atoms with E-state index >= 15 is 0 Å². The number of allylic oxidation sites excluding steroid dienone is 1. The Kier molecular flexibility index (Phi) is 3.84. The van der Waals surface area contributed by atoms with Gasteiger partial charge >= 0.3 is 0 Å². The van der Waals surface area contributed by atoms with Gasteiger partial charge in [0.05, 0.1) is 0 Å². The normalized spacial score (nSPS) is 21.8. The Balaban J connectivity index is 2.06. The Morgan fingerprint density at radius 3 is 2.58 bits per heavy atom. The summed E-state index contributed by atoms with van der Waals surface area (Å²) in [6, 6.07) is 0. The lowest BCUT2D eigenvalue weighted by Crippen LogP contribution is -2.04. The zero-order valence-corrected chi connectivity index (χ0v) is 8.55. The molecule has 0 aromatic rings. The van der Waals surface area contributed by atoms with Crippen molar-refractivity contribution in [1.29, 1.82) is 0 Å². The van der Waals surface area contributed by atoms with Gasteiger partial charge in [-0.25, -0.2) is 0 Å². The Morgan fingerprint density at radius 1 is 1.42 bits per heavy atom. The highest BCUT2D eigenvalue weighted by molar-refractivity contribution is 4.80. The van der Waals surface area contributed by atoms with Crippen LogP contribution in [0, 0.1) is 17.8 Å². The van der Waals surface area contributed by atoms with Crippen LogP contribution in [-0.4, -0.2) is 0 Å². The molecule has 0 N–H and O–H groups in total. The van der Waals surface area contributed by atoms with Crippen LogP contribution in [0.15, 0.2) is 12.7 Å². The van der Waals surface area contributed by atoms with Crippen molar-refractivity contribution in [2.45, 2.75) is 46.0 Å².